The van der Waals surface area contributed by atoms with E-state index in [-0.39, 0.29) is 6.04 Å². The lowest BCUT2D eigenvalue weighted by Crippen LogP contribution is -2.10. The molecule has 1 unspecified atom stereocenters. The molecule has 0 saturated heterocycles. The second kappa shape index (κ2) is 4.06. The predicted octanol–water partition coefficient (Wildman–Crippen LogP) is 3.81. The lowest BCUT2D eigenvalue weighted by atomic mass is 10.1. The van der Waals surface area contributed by atoms with Gasteiger partial charge in [0.2, 0.25) is 0 Å². The average molecular weight is 293 g/mol. The van der Waals surface area contributed by atoms with Crippen molar-refractivity contribution in [2.75, 3.05) is 0 Å². The predicted molar refractivity (Wildman–Crippen MR) is 61.8 cm³/mol. The standard InChI is InChI=1S/C9H7BrClNOS/c10-9-5(1-3-13-9)7(12)8-6(11)2-4-14-8/h1-4,7H,12H2. The fourth-order valence-electron chi connectivity index (χ4n) is 1.20. The van der Waals surface area contributed by atoms with Gasteiger partial charge in [-0.15, -0.1) is 11.3 Å². The molecule has 0 aromatic carbocycles. The van der Waals surface area contributed by atoms with Gasteiger partial charge in [-0.2, -0.15) is 0 Å². The smallest absolute Gasteiger partial charge is 0.174 e. The zero-order chi connectivity index (χ0) is 10.1. The molecule has 2 aromatic heterocycles. The van der Waals surface area contributed by atoms with E-state index in [9.17, 15) is 0 Å². The molecule has 5 heteroatoms. The zero-order valence-electron chi connectivity index (χ0n) is 7.04. The Kier molecular flexibility index (Phi) is 2.97. The molecule has 2 nitrogen and oxygen atoms in total. The van der Waals surface area contributed by atoms with Gasteiger partial charge in [-0.25, -0.2) is 0 Å². The van der Waals surface area contributed by atoms with E-state index < -0.39 is 0 Å². The molecule has 2 rings (SSSR count). The summed E-state index contributed by atoms with van der Waals surface area (Å²) in [5.41, 5.74) is 6.95. The average Bonchev–Trinajstić information content (AvgIpc) is 2.73. The number of halogens is 2. The van der Waals surface area contributed by atoms with Crippen molar-refractivity contribution in [1.82, 2.24) is 0 Å². The molecule has 0 amide bonds. The van der Waals surface area contributed by atoms with Crippen LogP contribution in [-0.2, 0) is 0 Å². The summed E-state index contributed by atoms with van der Waals surface area (Å²) < 4.78 is 5.78. The van der Waals surface area contributed by atoms with Crippen molar-refractivity contribution in [3.05, 3.63) is 43.9 Å². The summed E-state index contributed by atoms with van der Waals surface area (Å²) in [4.78, 5) is 0.953. The summed E-state index contributed by atoms with van der Waals surface area (Å²) in [6.07, 6.45) is 1.60. The Morgan fingerprint density at radius 2 is 2.29 bits per heavy atom. The summed E-state index contributed by atoms with van der Waals surface area (Å²) in [7, 11) is 0. The van der Waals surface area contributed by atoms with Gasteiger partial charge in [0.1, 0.15) is 0 Å². The van der Waals surface area contributed by atoms with Crippen molar-refractivity contribution in [2.45, 2.75) is 6.04 Å². The van der Waals surface area contributed by atoms with Crippen molar-refractivity contribution < 1.29 is 4.42 Å². The molecule has 0 bridgehead atoms. The summed E-state index contributed by atoms with van der Waals surface area (Å²) in [5.74, 6) is 0. The van der Waals surface area contributed by atoms with Crippen molar-refractivity contribution in [2.24, 2.45) is 5.73 Å². The van der Waals surface area contributed by atoms with Gasteiger partial charge in [0, 0.05) is 10.4 Å². The number of hydrogen-bond acceptors (Lipinski definition) is 3. The Morgan fingerprint density at radius 3 is 2.79 bits per heavy atom. The SMILES string of the molecule is NC(c1ccoc1Br)c1sccc1Cl. The second-order valence-electron chi connectivity index (χ2n) is 2.76. The molecule has 0 saturated carbocycles. The van der Waals surface area contributed by atoms with E-state index in [1.54, 1.807) is 17.6 Å². The highest BCUT2D eigenvalue weighted by Gasteiger charge is 2.17. The third kappa shape index (κ3) is 1.75. The van der Waals surface area contributed by atoms with E-state index in [0.29, 0.717) is 9.69 Å². The van der Waals surface area contributed by atoms with Crippen LogP contribution in [0.15, 0.2) is 32.9 Å². The molecule has 2 N–H and O–H groups in total. The molecule has 2 aromatic rings. The van der Waals surface area contributed by atoms with Gasteiger partial charge in [-0.3, -0.25) is 0 Å². The first-order valence-corrected chi connectivity index (χ1v) is 5.96. The molecule has 0 radical (unpaired) electrons. The van der Waals surface area contributed by atoms with Gasteiger partial charge in [0.15, 0.2) is 4.67 Å². The van der Waals surface area contributed by atoms with E-state index in [0.717, 1.165) is 10.4 Å². The van der Waals surface area contributed by atoms with E-state index in [1.807, 2.05) is 17.5 Å². The van der Waals surface area contributed by atoms with Crippen molar-refractivity contribution in [3.8, 4) is 0 Å². The van der Waals surface area contributed by atoms with Crippen LogP contribution in [0.3, 0.4) is 0 Å². The van der Waals surface area contributed by atoms with Crippen LogP contribution in [-0.4, -0.2) is 0 Å². The van der Waals surface area contributed by atoms with E-state index in [2.05, 4.69) is 15.9 Å². The molecule has 0 fully saturated rings. The number of rotatable bonds is 2. The third-order valence-corrected chi connectivity index (χ3v) is 3.99. The first-order chi connectivity index (χ1) is 6.70. The van der Waals surface area contributed by atoms with Crippen molar-refractivity contribution in [3.63, 3.8) is 0 Å². The van der Waals surface area contributed by atoms with Crippen LogP contribution in [0.2, 0.25) is 5.02 Å². The summed E-state index contributed by atoms with van der Waals surface area (Å²) in [5, 5.41) is 2.63. The largest absolute Gasteiger partial charge is 0.457 e. The van der Waals surface area contributed by atoms with E-state index >= 15 is 0 Å². The molecular weight excluding hydrogens is 286 g/mol. The number of hydrogen-bond donors (Lipinski definition) is 1. The Hall–Kier alpha value is -0.290. The number of furan rings is 1. The van der Waals surface area contributed by atoms with Crippen LogP contribution in [0.5, 0.6) is 0 Å². The molecule has 1 atom stereocenters. The molecule has 0 aliphatic carbocycles. The third-order valence-electron chi connectivity index (χ3n) is 1.91. The number of nitrogens with two attached hydrogens (primary N) is 1. The zero-order valence-corrected chi connectivity index (χ0v) is 10.2. The Balaban J connectivity index is 2.38. The van der Waals surface area contributed by atoms with Crippen molar-refractivity contribution >= 4 is 38.9 Å². The van der Waals surface area contributed by atoms with Gasteiger partial charge in [0.05, 0.1) is 17.3 Å². The van der Waals surface area contributed by atoms with Crippen LogP contribution in [0.1, 0.15) is 16.5 Å². The maximum Gasteiger partial charge on any atom is 0.174 e. The molecular formula is C9H7BrClNOS. The van der Waals surface area contributed by atoms with Gasteiger partial charge >= 0.3 is 0 Å². The number of thiophene rings is 1. The molecule has 0 spiro atoms. The fraction of sp³-hybridized carbons (Fsp3) is 0.111. The first kappa shape index (κ1) is 10.2. The molecule has 14 heavy (non-hydrogen) atoms. The summed E-state index contributed by atoms with van der Waals surface area (Å²) in [6, 6.07) is 3.45. The van der Waals surface area contributed by atoms with E-state index in [4.69, 9.17) is 21.8 Å². The van der Waals surface area contributed by atoms with Crippen LogP contribution >= 0.6 is 38.9 Å². The molecule has 74 valence electrons. The van der Waals surface area contributed by atoms with Gasteiger partial charge in [0.25, 0.3) is 0 Å². The fourth-order valence-corrected chi connectivity index (χ4v) is 2.88. The van der Waals surface area contributed by atoms with Crippen LogP contribution in [0.4, 0.5) is 0 Å². The highest BCUT2D eigenvalue weighted by atomic mass is 79.9. The maximum absolute atomic E-state index is 6.04. The summed E-state index contributed by atoms with van der Waals surface area (Å²) >= 11 is 10.8. The second-order valence-corrected chi connectivity index (χ2v) is 4.84. The van der Waals surface area contributed by atoms with Crippen LogP contribution in [0, 0.1) is 0 Å². The van der Waals surface area contributed by atoms with Gasteiger partial charge < -0.3 is 10.2 Å². The topological polar surface area (TPSA) is 39.2 Å². The maximum atomic E-state index is 6.04. The highest BCUT2D eigenvalue weighted by molar-refractivity contribution is 9.10. The molecule has 0 aliphatic rings. The lowest BCUT2D eigenvalue weighted by Gasteiger charge is -2.08. The van der Waals surface area contributed by atoms with Crippen LogP contribution < -0.4 is 5.73 Å². The van der Waals surface area contributed by atoms with Gasteiger partial charge in [-0.1, -0.05) is 11.6 Å². The van der Waals surface area contributed by atoms with Crippen molar-refractivity contribution in [1.29, 1.82) is 0 Å². The quantitative estimate of drug-likeness (QED) is 0.914. The minimum Gasteiger partial charge on any atom is -0.457 e. The van der Waals surface area contributed by atoms with E-state index in [1.165, 1.54) is 0 Å². The lowest BCUT2D eigenvalue weighted by molar-refractivity contribution is 0.535. The normalized spacial score (nSPS) is 13.1. The minimum absolute atomic E-state index is 0.226. The van der Waals surface area contributed by atoms with Gasteiger partial charge in [-0.05, 0) is 33.4 Å². The Bertz CT molecular complexity index is 399. The highest BCUT2D eigenvalue weighted by Crippen LogP contribution is 2.34. The summed E-state index contributed by atoms with van der Waals surface area (Å²) in [6.45, 7) is 0. The monoisotopic (exact) mass is 291 g/mol. The molecule has 2 heterocycles. The molecule has 0 aliphatic heterocycles. The Labute approximate surface area is 98.8 Å². The minimum atomic E-state index is -0.226. The Morgan fingerprint density at radius 1 is 1.50 bits per heavy atom. The first-order valence-electron chi connectivity index (χ1n) is 3.91. The van der Waals surface area contributed by atoms with Crippen LogP contribution in [0.25, 0.3) is 0 Å².